The summed E-state index contributed by atoms with van der Waals surface area (Å²) in [5, 5.41) is 6.63. The average Bonchev–Trinajstić information content (AvgIpc) is 3.32. The zero-order valence-corrected chi connectivity index (χ0v) is 19.3. The molecule has 1 fully saturated rings. The van der Waals surface area contributed by atoms with Gasteiger partial charge in [0.1, 0.15) is 12.4 Å². The first-order chi connectivity index (χ1) is 13.8. The molecule has 0 radical (unpaired) electrons. The van der Waals surface area contributed by atoms with Crippen LogP contribution >= 0.6 is 24.0 Å². The van der Waals surface area contributed by atoms with Crippen molar-refractivity contribution in [2.45, 2.75) is 39.3 Å². The molecule has 0 aliphatic carbocycles. The standard InChI is InChI=1S/C21H30N6O.HI/c1-2-22-21(24-11-7-14-26-13-6-10-20(26)28)25-16-19-23-12-15-27(19)17-18-8-4-3-5-9-18;/h3-5,8-9,12,15H,2,6-7,10-11,13-14,16-17H2,1H3,(H2,22,24,25);1H. The van der Waals surface area contributed by atoms with Crippen LogP contribution in [0.5, 0.6) is 0 Å². The smallest absolute Gasteiger partial charge is 0.222 e. The minimum absolute atomic E-state index is 0. The van der Waals surface area contributed by atoms with Crippen LogP contribution in [-0.2, 0) is 17.9 Å². The molecule has 2 heterocycles. The minimum atomic E-state index is 0. The van der Waals surface area contributed by atoms with Crippen molar-refractivity contribution in [2.24, 2.45) is 4.99 Å². The highest BCUT2D eigenvalue weighted by Gasteiger charge is 2.18. The van der Waals surface area contributed by atoms with Crippen LogP contribution in [0.1, 0.15) is 37.6 Å². The topological polar surface area (TPSA) is 74.6 Å². The summed E-state index contributed by atoms with van der Waals surface area (Å²) in [5.74, 6) is 2.00. The summed E-state index contributed by atoms with van der Waals surface area (Å²) in [4.78, 5) is 22.7. The molecule has 29 heavy (non-hydrogen) atoms. The first kappa shape index (κ1) is 23.2. The lowest BCUT2D eigenvalue weighted by Crippen LogP contribution is -2.39. The van der Waals surface area contributed by atoms with Crippen LogP contribution < -0.4 is 10.6 Å². The van der Waals surface area contributed by atoms with Gasteiger partial charge < -0.3 is 20.1 Å². The Kier molecular flexibility index (Phi) is 9.96. The second-order valence-electron chi connectivity index (χ2n) is 6.92. The molecule has 1 aliphatic rings. The number of amides is 1. The average molecular weight is 510 g/mol. The van der Waals surface area contributed by atoms with E-state index in [0.29, 0.717) is 13.0 Å². The molecule has 1 aromatic heterocycles. The van der Waals surface area contributed by atoms with Crippen LogP contribution in [0.4, 0.5) is 0 Å². The molecular formula is C21H31IN6O. The third-order valence-corrected chi connectivity index (χ3v) is 4.79. The van der Waals surface area contributed by atoms with Gasteiger partial charge in [-0.1, -0.05) is 30.3 Å². The molecule has 0 unspecified atom stereocenters. The summed E-state index contributed by atoms with van der Waals surface area (Å²) in [5.41, 5.74) is 1.24. The number of carbonyl (C=O) groups is 1. The Morgan fingerprint density at radius 1 is 1.24 bits per heavy atom. The van der Waals surface area contributed by atoms with E-state index >= 15 is 0 Å². The number of nitrogens with one attached hydrogen (secondary N) is 2. The first-order valence-electron chi connectivity index (χ1n) is 10.1. The Hall–Kier alpha value is -2.10. The number of aliphatic imine (C=N–C) groups is 1. The number of halogens is 1. The van der Waals surface area contributed by atoms with Crippen molar-refractivity contribution in [3.63, 3.8) is 0 Å². The summed E-state index contributed by atoms with van der Waals surface area (Å²) < 4.78 is 2.13. The second-order valence-corrected chi connectivity index (χ2v) is 6.92. The summed E-state index contributed by atoms with van der Waals surface area (Å²) >= 11 is 0. The predicted octanol–water partition coefficient (Wildman–Crippen LogP) is 2.62. The van der Waals surface area contributed by atoms with Crippen molar-refractivity contribution in [2.75, 3.05) is 26.2 Å². The van der Waals surface area contributed by atoms with Gasteiger partial charge in [-0.3, -0.25) is 4.79 Å². The lowest BCUT2D eigenvalue weighted by Gasteiger charge is -2.16. The molecule has 0 spiro atoms. The number of nitrogens with zero attached hydrogens (tertiary/aromatic N) is 4. The van der Waals surface area contributed by atoms with Gasteiger partial charge in [0, 0.05) is 51.5 Å². The van der Waals surface area contributed by atoms with Crippen molar-refractivity contribution in [3.05, 3.63) is 54.1 Å². The number of rotatable bonds is 9. The van der Waals surface area contributed by atoms with Crippen LogP contribution in [0.3, 0.4) is 0 Å². The fraction of sp³-hybridized carbons (Fsp3) is 0.476. The fourth-order valence-electron chi connectivity index (χ4n) is 3.32. The van der Waals surface area contributed by atoms with Gasteiger partial charge in [-0.05, 0) is 25.3 Å². The zero-order chi connectivity index (χ0) is 19.6. The minimum Gasteiger partial charge on any atom is -0.357 e. The summed E-state index contributed by atoms with van der Waals surface area (Å²) in [7, 11) is 0. The largest absolute Gasteiger partial charge is 0.357 e. The molecule has 3 rings (SSSR count). The Morgan fingerprint density at radius 3 is 2.79 bits per heavy atom. The number of hydrogen-bond donors (Lipinski definition) is 2. The molecule has 0 atom stereocenters. The van der Waals surface area contributed by atoms with Crippen LogP contribution in [0, 0.1) is 0 Å². The Balaban J connectivity index is 0.00000300. The Bertz CT molecular complexity index is 776. The highest BCUT2D eigenvalue weighted by Crippen LogP contribution is 2.09. The Morgan fingerprint density at radius 2 is 2.07 bits per heavy atom. The summed E-state index contributed by atoms with van der Waals surface area (Å²) in [6.07, 6.45) is 6.42. The van der Waals surface area contributed by atoms with Crippen LogP contribution in [-0.4, -0.2) is 52.5 Å². The number of likely N-dealkylation sites (tertiary alicyclic amines) is 1. The highest BCUT2D eigenvalue weighted by molar-refractivity contribution is 14.0. The van der Waals surface area contributed by atoms with E-state index in [-0.39, 0.29) is 29.9 Å². The molecule has 7 nitrogen and oxygen atoms in total. The molecule has 1 aliphatic heterocycles. The molecule has 0 bridgehead atoms. The van der Waals surface area contributed by atoms with E-state index in [4.69, 9.17) is 0 Å². The maximum Gasteiger partial charge on any atom is 0.222 e. The van der Waals surface area contributed by atoms with E-state index in [1.54, 1.807) is 0 Å². The predicted molar refractivity (Wildman–Crippen MR) is 126 cm³/mol. The molecule has 8 heteroatoms. The third-order valence-electron chi connectivity index (χ3n) is 4.79. The third kappa shape index (κ3) is 7.34. The summed E-state index contributed by atoms with van der Waals surface area (Å²) in [6, 6.07) is 10.4. The fourth-order valence-corrected chi connectivity index (χ4v) is 3.32. The van der Waals surface area contributed by atoms with E-state index in [0.717, 1.165) is 57.3 Å². The van der Waals surface area contributed by atoms with Gasteiger partial charge in [0.2, 0.25) is 5.91 Å². The van der Waals surface area contributed by atoms with E-state index in [1.807, 2.05) is 35.5 Å². The van der Waals surface area contributed by atoms with Crippen LogP contribution in [0.15, 0.2) is 47.7 Å². The molecule has 1 aromatic carbocycles. The lowest BCUT2D eigenvalue weighted by molar-refractivity contribution is -0.127. The SMILES string of the molecule is CCNC(=NCc1nccn1Cc1ccccc1)NCCCN1CCCC1=O.I. The van der Waals surface area contributed by atoms with E-state index in [9.17, 15) is 4.79 Å². The molecule has 0 saturated carbocycles. The van der Waals surface area contributed by atoms with E-state index < -0.39 is 0 Å². The van der Waals surface area contributed by atoms with Gasteiger partial charge in [0.05, 0.1) is 0 Å². The van der Waals surface area contributed by atoms with Crippen LogP contribution in [0.25, 0.3) is 0 Å². The van der Waals surface area contributed by atoms with Crippen molar-refractivity contribution in [3.8, 4) is 0 Å². The van der Waals surface area contributed by atoms with Gasteiger partial charge in [-0.2, -0.15) is 0 Å². The normalized spacial score (nSPS) is 14.0. The monoisotopic (exact) mass is 510 g/mol. The quantitative estimate of drug-likeness (QED) is 0.236. The maximum atomic E-state index is 11.7. The number of aromatic nitrogens is 2. The molecule has 2 N–H and O–H groups in total. The van der Waals surface area contributed by atoms with Crippen molar-refractivity contribution >= 4 is 35.8 Å². The van der Waals surface area contributed by atoms with Crippen molar-refractivity contribution < 1.29 is 4.79 Å². The molecule has 1 amide bonds. The maximum absolute atomic E-state index is 11.7. The van der Waals surface area contributed by atoms with Gasteiger partial charge >= 0.3 is 0 Å². The Labute approximate surface area is 190 Å². The summed E-state index contributed by atoms with van der Waals surface area (Å²) in [6.45, 7) is 6.66. The molecule has 2 aromatic rings. The van der Waals surface area contributed by atoms with Crippen molar-refractivity contribution in [1.82, 2.24) is 25.1 Å². The van der Waals surface area contributed by atoms with E-state index in [1.165, 1.54) is 5.56 Å². The van der Waals surface area contributed by atoms with Crippen LogP contribution in [0.2, 0.25) is 0 Å². The van der Waals surface area contributed by atoms with Crippen molar-refractivity contribution in [1.29, 1.82) is 0 Å². The molecule has 1 saturated heterocycles. The molecular weight excluding hydrogens is 479 g/mol. The highest BCUT2D eigenvalue weighted by atomic mass is 127. The van der Waals surface area contributed by atoms with Gasteiger partial charge in [-0.15, -0.1) is 24.0 Å². The van der Waals surface area contributed by atoms with Gasteiger partial charge in [0.25, 0.3) is 0 Å². The molecule has 158 valence electrons. The zero-order valence-electron chi connectivity index (χ0n) is 17.0. The lowest BCUT2D eigenvalue weighted by atomic mass is 10.2. The van der Waals surface area contributed by atoms with Gasteiger partial charge in [0.15, 0.2) is 5.96 Å². The number of guanidine groups is 1. The van der Waals surface area contributed by atoms with Gasteiger partial charge in [-0.25, -0.2) is 9.98 Å². The number of imidazole rings is 1. The number of benzene rings is 1. The number of carbonyl (C=O) groups excluding carboxylic acids is 1. The first-order valence-corrected chi connectivity index (χ1v) is 10.1. The second kappa shape index (κ2) is 12.5. The van der Waals surface area contributed by atoms with E-state index in [2.05, 4.69) is 44.2 Å². The number of hydrogen-bond acceptors (Lipinski definition) is 3.